The summed E-state index contributed by atoms with van der Waals surface area (Å²) >= 11 is 16.9. The molecule has 2 rings (SSSR count). The fourth-order valence-corrected chi connectivity index (χ4v) is 2.75. The molecule has 9 heteroatoms. The minimum Gasteiger partial charge on any atom is -0.496 e. The highest BCUT2D eigenvalue weighted by atomic mass is 35.5. The molecule has 0 radical (unpaired) electrons. The van der Waals surface area contributed by atoms with Gasteiger partial charge in [-0.15, -0.1) is 0 Å². The number of hydrogen-bond donors (Lipinski definition) is 3. The van der Waals surface area contributed by atoms with Crippen LogP contribution < -0.4 is 15.4 Å². The number of thiocarbonyl (C=S) groups is 1. The second-order valence-electron chi connectivity index (χ2n) is 4.72. The van der Waals surface area contributed by atoms with Crippen molar-refractivity contribution < 1.29 is 19.4 Å². The molecule has 0 unspecified atom stereocenters. The summed E-state index contributed by atoms with van der Waals surface area (Å²) in [6.45, 7) is 0. The van der Waals surface area contributed by atoms with Gasteiger partial charge in [0.25, 0.3) is 5.91 Å². The second-order valence-corrected chi connectivity index (χ2v) is 5.98. The molecule has 1 amide bonds. The number of carboxylic acid groups (broad SMARTS) is 1. The average Bonchev–Trinajstić information content (AvgIpc) is 2.56. The van der Waals surface area contributed by atoms with Gasteiger partial charge >= 0.3 is 5.97 Å². The Labute approximate surface area is 158 Å². The first-order valence-corrected chi connectivity index (χ1v) is 7.97. The predicted molar refractivity (Wildman–Crippen MR) is 100 cm³/mol. The van der Waals surface area contributed by atoms with Crippen molar-refractivity contribution in [3.63, 3.8) is 0 Å². The summed E-state index contributed by atoms with van der Waals surface area (Å²) in [7, 11) is 1.44. The Morgan fingerprint density at radius 2 is 1.84 bits per heavy atom. The van der Waals surface area contributed by atoms with E-state index in [-0.39, 0.29) is 32.0 Å². The van der Waals surface area contributed by atoms with E-state index in [9.17, 15) is 14.7 Å². The smallest absolute Gasteiger partial charge is 0.337 e. The van der Waals surface area contributed by atoms with Crippen LogP contribution in [0.4, 0.5) is 5.69 Å². The number of carboxylic acids is 1. The summed E-state index contributed by atoms with van der Waals surface area (Å²) in [5.74, 6) is -1.39. The van der Waals surface area contributed by atoms with E-state index in [1.807, 2.05) is 0 Å². The SMILES string of the molecule is COc1ccccc1C(=O)NC(=S)Nc1c(Cl)cc(Cl)cc1C(=O)O. The van der Waals surface area contributed by atoms with Crippen molar-refractivity contribution in [3.8, 4) is 5.75 Å². The van der Waals surface area contributed by atoms with Gasteiger partial charge in [0.15, 0.2) is 5.11 Å². The summed E-state index contributed by atoms with van der Waals surface area (Å²) < 4.78 is 5.11. The van der Waals surface area contributed by atoms with Crippen LogP contribution in [0.1, 0.15) is 20.7 Å². The zero-order chi connectivity index (χ0) is 18.6. The number of carbonyl (C=O) groups is 2. The van der Waals surface area contributed by atoms with Crippen LogP contribution in [0, 0.1) is 0 Å². The Balaban J connectivity index is 2.21. The first-order valence-electron chi connectivity index (χ1n) is 6.81. The quantitative estimate of drug-likeness (QED) is 0.678. The molecule has 25 heavy (non-hydrogen) atoms. The lowest BCUT2D eigenvalue weighted by atomic mass is 10.1. The number of ether oxygens (including phenoxy) is 1. The number of halogens is 2. The standard InChI is InChI=1S/C16H12Cl2N2O4S/c1-24-12-5-3-2-4-9(12)14(21)20-16(25)19-13-10(15(22)23)6-8(17)7-11(13)18/h2-7H,1H3,(H,22,23)(H2,19,20,21,25). The van der Waals surface area contributed by atoms with Crippen molar-refractivity contribution >= 4 is 58.1 Å². The largest absolute Gasteiger partial charge is 0.496 e. The van der Waals surface area contributed by atoms with Gasteiger partial charge in [0.05, 0.1) is 28.9 Å². The molecule has 0 aliphatic heterocycles. The number of methoxy groups -OCH3 is 1. The number of benzene rings is 2. The van der Waals surface area contributed by atoms with E-state index in [4.69, 9.17) is 40.2 Å². The maximum atomic E-state index is 12.3. The van der Waals surface area contributed by atoms with E-state index in [2.05, 4.69) is 10.6 Å². The third-order valence-electron chi connectivity index (χ3n) is 3.10. The molecule has 0 saturated heterocycles. The number of para-hydroxylation sites is 1. The molecule has 0 aliphatic carbocycles. The summed E-state index contributed by atoms with van der Waals surface area (Å²) in [4.78, 5) is 23.6. The van der Waals surface area contributed by atoms with E-state index in [0.29, 0.717) is 5.75 Å². The van der Waals surface area contributed by atoms with Crippen LogP contribution in [0.25, 0.3) is 0 Å². The fourth-order valence-electron chi connectivity index (χ4n) is 2.02. The minimum absolute atomic E-state index is 0.0314. The Morgan fingerprint density at radius 1 is 1.16 bits per heavy atom. The molecule has 0 fully saturated rings. The molecule has 0 aliphatic rings. The lowest BCUT2D eigenvalue weighted by Gasteiger charge is -2.14. The summed E-state index contributed by atoms with van der Waals surface area (Å²) in [6, 6.07) is 9.18. The molecule has 0 aromatic heterocycles. The van der Waals surface area contributed by atoms with E-state index >= 15 is 0 Å². The lowest BCUT2D eigenvalue weighted by molar-refractivity contribution is 0.0697. The fraction of sp³-hybridized carbons (Fsp3) is 0.0625. The van der Waals surface area contributed by atoms with Gasteiger partial charge in [0.1, 0.15) is 5.75 Å². The van der Waals surface area contributed by atoms with Crippen LogP contribution in [0.15, 0.2) is 36.4 Å². The Bertz CT molecular complexity index is 858. The molecular formula is C16H12Cl2N2O4S. The molecular weight excluding hydrogens is 387 g/mol. The molecule has 3 N–H and O–H groups in total. The van der Waals surface area contributed by atoms with Crippen molar-refractivity contribution in [2.75, 3.05) is 12.4 Å². The Morgan fingerprint density at radius 3 is 2.48 bits per heavy atom. The van der Waals surface area contributed by atoms with Crippen molar-refractivity contribution in [1.82, 2.24) is 5.32 Å². The minimum atomic E-state index is -1.24. The van der Waals surface area contributed by atoms with Gasteiger partial charge in [-0.25, -0.2) is 4.79 Å². The van der Waals surface area contributed by atoms with Gasteiger partial charge in [-0.1, -0.05) is 35.3 Å². The maximum Gasteiger partial charge on any atom is 0.337 e. The van der Waals surface area contributed by atoms with Gasteiger partial charge in [-0.3, -0.25) is 10.1 Å². The summed E-state index contributed by atoms with van der Waals surface area (Å²) in [5, 5.41) is 14.4. The molecule has 6 nitrogen and oxygen atoms in total. The van der Waals surface area contributed by atoms with Crippen molar-refractivity contribution in [2.45, 2.75) is 0 Å². The highest BCUT2D eigenvalue weighted by Gasteiger charge is 2.18. The number of hydrogen-bond acceptors (Lipinski definition) is 4. The van der Waals surface area contributed by atoms with Gasteiger partial charge in [0.2, 0.25) is 0 Å². The van der Waals surface area contributed by atoms with Gasteiger partial charge in [-0.05, 0) is 36.5 Å². The van der Waals surface area contributed by atoms with E-state index < -0.39 is 11.9 Å². The first kappa shape index (κ1) is 19.0. The van der Waals surface area contributed by atoms with E-state index in [0.717, 1.165) is 0 Å². The topological polar surface area (TPSA) is 87.7 Å². The van der Waals surface area contributed by atoms with Crippen LogP contribution in [0.3, 0.4) is 0 Å². The molecule has 130 valence electrons. The van der Waals surface area contributed by atoms with Crippen LogP contribution in [-0.4, -0.2) is 29.2 Å². The molecule has 2 aromatic rings. The van der Waals surface area contributed by atoms with Crippen LogP contribution in [0.5, 0.6) is 5.75 Å². The Kier molecular flexibility index (Phi) is 6.19. The van der Waals surface area contributed by atoms with Gasteiger partial charge < -0.3 is 15.2 Å². The monoisotopic (exact) mass is 398 g/mol. The number of rotatable bonds is 4. The lowest BCUT2D eigenvalue weighted by Crippen LogP contribution is -2.34. The second kappa shape index (κ2) is 8.15. The maximum absolute atomic E-state index is 12.3. The number of carbonyl (C=O) groups excluding carboxylic acids is 1. The Hall–Kier alpha value is -2.35. The van der Waals surface area contributed by atoms with Crippen LogP contribution in [0.2, 0.25) is 10.0 Å². The molecule has 0 bridgehead atoms. The van der Waals surface area contributed by atoms with Gasteiger partial charge in [-0.2, -0.15) is 0 Å². The first-order chi connectivity index (χ1) is 11.8. The van der Waals surface area contributed by atoms with Gasteiger partial charge in [0, 0.05) is 5.02 Å². The third-order valence-corrected chi connectivity index (χ3v) is 3.82. The molecule has 0 saturated carbocycles. The van der Waals surface area contributed by atoms with E-state index in [1.165, 1.54) is 19.2 Å². The zero-order valence-corrected chi connectivity index (χ0v) is 15.1. The average molecular weight is 399 g/mol. The van der Waals surface area contributed by atoms with Crippen molar-refractivity contribution in [1.29, 1.82) is 0 Å². The highest BCUT2D eigenvalue weighted by Crippen LogP contribution is 2.30. The van der Waals surface area contributed by atoms with Crippen LogP contribution >= 0.6 is 35.4 Å². The molecule has 2 aromatic carbocycles. The number of nitrogens with one attached hydrogen (secondary N) is 2. The molecule has 0 spiro atoms. The van der Waals surface area contributed by atoms with Crippen LogP contribution in [-0.2, 0) is 0 Å². The number of amides is 1. The van der Waals surface area contributed by atoms with E-state index in [1.54, 1.807) is 24.3 Å². The molecule has 0 heterocycles. The summed E-state index contributed by atoms with van der Waals surface area (Å²) in [6.07, 6.45) is 0. The third kappa shape index (κ3) is 4.60. The number of anilines is 1. The zero-order valence-electron chi connectivity index (χ0n) is 12.8. The predicted octanol–water partition coefficient (Wildman–Crippen LogP) is 3.83. The van der Waals surface area contributed by atoms with Crippen molar-refractivity contribution in [3.05, 3.63) is 57.6 Å². The summed E-state index contributed by atoms with van der Waals surface area (Å²) in [5.41, 5.74) is 0.130. The number of aromatic carboxylic acids is 1. The van der Waals surface area contributed by atoms with Crippen molar-refractivity contribution in [2.24, 2.45) is 0 Å². The molecule has 0 atom stereocenters. The highest BCUT2D eigenvalue weighted by molar-refractivity contribution is 7.80. The normalized spacial score (nSPS) is 10.0.